The topological polar surface area (TPSA) is 46.6 Å². The van der Waals surface area contributed by atoms with Gasteiger partial charge in [-0.2, -0.15) is 0 Å². The summed E-state index contributed by atoms with van der Waals surface area (Å²) < 4.78 is 5.39. The summed E-state index contributed by atoms with van der Waals surface area (Å²) in [4.78, 5) is 26.3. The van der Waals surface area contributed by atoms with Gasteiger partial charge in [0, 0.05) is 0 Å². The number of carbonyl (C=O) groups is 2. The number of carbonyl (C=O) groups excluding carboxylic acids is 2. The van der Waals surface area contributed by atoms with Crippen molar-refractivity contribution in [2.45, 2.75) is 64.9 Å². The van der Waals surface area contributed by atoms with Gasteiger partial charge in [0.15, 0.2) is 0 Å². The number of imide groups is 1. The van der Waals surface area contributed by atoms with Crippen molar-refractivity contribution < 1.29 is 14.3 Å². The van der Waals surface area contributed by atoms with Crippen LogP contribution in [0.5, 0.6) is 0 Å². The monoisotopic (exact) mass is 303 g/mol. The number of hydrogen-bond donors (Lipinski definition) is 0. The van der Waals surface area contributed by atoms with E-state index in [0.717, 1.165) is 31.2 Å². The fourth-order valence-electron chi connectivity index (χ4n) is 2.77. The molecule has 22 heavy (non-hydrogen) atoms. The molecule has 2 amide bonds. The van der Waals surface area contributed by atoms with Gasteiger partial charge in [-0.1, -0.05) is 44.4 Å². The van der Waals surface area contributed by atoms with E-state index in [9.17, 15) is 9.59 Å². The maximum absolute atomic E-state index is 12.7. The molecule has 1 heterocycles. The quantitative estimate of drug-likeness (QED) is 0.762. The van der Waals surface area contributed by atoms with Crippen molar-refractivity contribution in [3.8, 4) is 0 Å². The van der Waals surface area contributed by atoms with Crippen molar-refractivity contribution in [3.63, 3.8) is 0 Å². The predicted octanol–water partition coefficient (Wildman–Crippen LogP) is 4.63. The Morgan fingerprint density at radius 3 is 2.55 bits per heavy atom. The zero-order chi connectivity index (χ0) is 16.3. The Kier molecular flexibility index (Phi) is 4.89. The fourth-order valence-corrected chi connectivity index (χ4v) is 2.77. The van der Waals surface area contributed by atoms with E-state index in [1.807, 2.05) is 24.3 Å². The van der Waals surface area contributed by atoms with Gasteiger partial charge in [-0.25, -0.2) is 9.69 Å². The third kappa shape index (κ3) is 3.49. The van der Waals surface area contributed by atoms with Crippen molar-refractivity contribution in [2.75, 3.05) is 4.90 Å². The number of benzene rings is 1. The molecule has 0 aromatic heterocycles. The van der Waals surface area contributed by atoms with Crippen LogP contribution in [0.4, 0.5) is 10.5 Å². The maximum atomic E-state index is 12.7. The van der Waals surface area contributed by atoms with Crippen molar-refractivity contribution >= 4 is 17.7 Å². The van der Waals surface area contributed by atoms with Gasteiger partial charge in [0.05, 0.1) is 11.6 Å². The van der Waals surface area contributed by atoms with Gasteiger partial charge in [-0.3, -0.25) is 4.79 Å². The Balaban J connectivity index is 2.25. The molecular formula is C18H25NO3. The van der Waals surface area contributed by atoms with Crippen LogP contribution in [0.3, 0.4) is 0 Å². The van der Waals surface area contributed by atoms with Crippen molar-refractivity contribution in [1.29, 1.82) is 0 Å². The summed E-state index contributed by atoms with van der Waals surface area (Å²) in [5, 5.41) is 0. The van der Waals surface area contributed by atoms with Gasteiger partial charge < -0.3 is 4.74 Å². The molecule has 0 aliphatic carbocycles. The van der Waals surface area contributed by atoms with Crippen LogP contribution in [0.15, 0.2) is 24.3 Å². The molecule has 1 atom stereocenters. The molecule has 1 unspecified atom stereocenters. The Hall–Kier alpha value is -1.84. The molecule has 0 N–H and O–H groups in total. The average molecular weight is 303 g/mol. The lowest BCUT2D eigenvalue weighted by molar-refractivity contribution is -0.119. The number of rotatable bonds is 4. The van der Waals surface area contributed by atoms with Gasteiger partial charge in [-0.05, 0) is 38.8 Å². The Morgan fingerprint density at radius 1 is 1.23 bits per heavy atom. The molecule has 120 valence electrons. The van der Waals surface area contributed by atoms with Gasteiger partial charge in [0.2, 0.25) is 5.91 Å². The molecule has 0 saturated heterocycles. The van der Waals surface area contributed by atoms with Crippen LogP contribution in [0.2, 0.25) is 0 Å². The number of anilines is 1. The zero-order valence-electron chi connectivity index (χ0n) is 13.9. The van der Waals surface area contributed by atoms with Crippen molar-refractivity contribution in [1.82, 2.24) is 0 Å². The van der Waals surface area contributed by atoms with E-state index < -0.39 is 11.7 Å². The van der Waals surface area contributed by atoms with E-state index in [4.69, 9.17) is 4.74 Å². The largest absolute Gasteiger partial charge is 0.443 e. The standard InChI is InChI=1S/C18H25NO3/c1-5-6-7-11-14-13-10-8-9-12-15(13)19(16(14)20)17(21)22-18(2,3)4/h8-10,12,14H,5-7,11H2,1-4H3. The normalized spacial score (nSPS) is 17.5. The lowest BCUT2D eigenvalue weighted by atomic mass is 9.95. The van der Waals surface area contributed by atoms with E-state index in [1.165, 1.54) is 4.90 Å². The lowest BCUT2D eigenvalue weighted by Crippen LogP contribution is -2.39. The molecule has 0 fully saturated rings. The van der Waals surface area contributed by atoms with E-state index in [0.29, 0.717) is 5.69 Å². The van der Waals surface area contributed by atoms with Gasteiger partial charge in [-0.15, -0.1) is 0 Å². The second-order valence-corrected chi connectivity index (χ2v) is 6.76. The van der Waals surface area contributed by atoms with Crippen LogP contribution in [0.25, 0.3) is 0 Å². The molecule has 1 aromatic rings. The molecular weight excluding hydrogens is 278 g/mol. The number of para-hydroxylation sites is 1. The number of amides is 2. The Labute approximate surface area is 132 Å². The van der Waals surface area contributed by atoms with Crippen LogP contribution in [-0.2, 0) is 9.53 Å². The highest BCUT2D eigenvalue weighted by atomic mass is 16.6. The van der Waals surface area contributed by atoms with E-state index in [1.54, 1.807) is 20.8 Å². The summed E-state index contributed by atoms with van der Waals surface area (Å²) in [6.45, 7) is 7.54. The number of fused-ring (bicyclic) bond motifs is 1. The molecule has 2 rings (SSSR count). The molecule has 0 radical (unpaired) electrons. The summed E-state index contributed by atoms with van der Waals surface area (Å²) >= 11 is 0. The average Bonchev–Trinajstić information content (AvgIpc) is 2.70. The third-order valence-corrected chi connectivity index (χ3v) is 3.74. The van der Waals surface area contributed by atoms with Crippen LogP contribution < -0.4 is 4.90 Å². The molecule has 0 bridgehead atoms. The lowest BCUT2D eigenvalue weighted by Gasteiger charge is -2.24. The SMILES string of the molecule is CCCCCC1C(=O)N(C(=O)OC(C)(C)C)c2ccccc21. The highest BCUT2D eigenvalue weighted by Crippen LogP contribution is 2.40. The fraction of sp³-hybridized carbons (Fsp3) is 0.556. The predicted molar refractivity (Wildman–Crippen MR) is 87.0 cm³/mol. The number of ether oxygens (including phenoxy) is 1. The second-order valence-electron chi connectivity index (χ2n) is 6.76. The van der Waals surface area contributed by atoms with Crippen LogP contribution in [0.1, 0.15) is 64.9 Å². The number of hydrogen-bond acceptors (Lipinski definition) is 3. The highest BCUT2D eigenvalue weighted by molar-refractivity contribution is 6.19. The summed E-state index contributed by atoms with van der Waals surface area (Å²) in [7, 11) is 0. The Bertz CT molecular complexity index is 560. The van der Waals surface area contributed by atoms with Gasteiger partial charge in [0.25, 0.3) is 0 Å². The first kappa shape index (κ1) is 16.5. The summed E-state index contributed by atoms with van der Waals surface area (Å²) in [5.41, 5.74) is 0.991. The third-order valence-electron chi connectivity index (χ3n) is 3.74. The first-order valence-corrected chi connectivity index (χ1v) is 8.01. The first-order valence-electron chi connectivity index (χ1n) is 8.01. The smallest absolute Gasteiger partial charge is 0.421 e. The molecule has 1 aromatic carbocycles. The van der Waals surface area contributed by atoms with E-state index >= 15 is 0 Å². The minimum atomic E-state index is -0.618. The second kappa shape index (κ2) is 6.51. The molecule has 1 aliphatic rings. The van der Waals surface area contributed by atoms with Crippen LogP contribution in [-0.4, -0.2) is 17.6 Å². The highest BCUT2D eigenvalue weighted by Gasteiger charge is 2.41. The Morgan fingerprint density at radius 2 is 1.91 bits per heavy atom. The zero-order valence-corrected chi connectivity index (χ0v) is 13.9. The molecule has 0 saturated carbocycles. The van der Waals surface area contributed by atoms with Crippen molar-refractivity contribution in [3.05, 3.63) is 29.8 Å². The van der Waals surface area contributed by atoms with Gasteiger partial charge >= 0.3 is 6.09 Å². The van der Waals surface area contributed by atoms with Gasteiger partial charge in [0.1, 0.15) is 5.60 Å². The summed E-state index contributed by atoms with van der Waals surface area (Å²) in [6, 6.07) is 7.51. The van der Waals surface area contributed by atoms with E-state index in [2.05, 4.69) is 6.92 Å². The minimum Gasteiger partial charge on any atom is -0.443 e. The molecule has 0 spiro atoms. The number of nitrogens with zero attached hydrogens (tertiary/aromatic N) is 1. The minimum absolute atomic E-state index is 0.161. The van der Waals surface area contributed by atoms with Crippen molar-refractivity contribution in [2.24, 2.45) is 0 Å². The molecule has 4 nitrogen and oxygen atoms in total. The number of unbranched alkanes of at least 4 members (excludes halogenated alkanes) is 2. The van der Waals surface area contributed by atoms with Crippen LogP contribution in [0, 0.1) is 0 Å². The van der Waals surface area contributed by atoms with Crippen LogP contribution >= 0.6 is 0 Å². The molecule has 1 aliphatic heterocycles. The maximum Gasteiger partial charge on any atom is 0.421 e. The first-order chi connectivity index (χ1) is 10.3. The molecule has 4 heteroatoms. The summed E-state index contributed by atoms with van der Waals surface area (Å²) in [6.07, 6.45) is 3.39. The van der Waals surface area contributed by atoms with E-state index in [-0.39, 0.29) is 11.8 Å². The summed E-state index contributed by atoms with van der Waals surface area (Å²) in [5.74, 6) is -0.387.